The van der Waals surface area contributed by atoms with Crippen LogP contribution in [0.5, 0.6) is 0 Å². The Bertz CT molecular complexity index is 740. The van der Waals surface area contributed by atoms with Gasteiger partial charge in [-0.05, 0) is 38.3 Å². The lowest BCUT2D eigenvalue weighted by atomic mass is 9.98. The van der Waals surface area contributed by atoms with Crippen LogP contribution in [0.15, 0.2) is 40.4 Å². The summed E-state index contributed by atoms with van der Waals surface area (Å²) in [7, 11) is 0. The molecular weight excluding hydrogens is 294 g/mol. The van der Waals surface area contributed by atoms with E-state index in [9.17, 15) is 4.79 Å². The molecule has 1 fully saturated rings. The minimum absolute atomic E-state index is 0.0530. The van der Waals surface area contributed by atoms with Gasteiger partial charge in [-0.3, -0.25) is 4.79 Å². The summed E-state index contributed by atoms with van der Waals surface area (Å²) in [6.45, 7) is 3.53. The highest BCUT2D eigenvalue weighted by Crippen LogP contribution is 2.35. The van der Waals surface area contributed by atoms with Gasteiger partial charge in [0.2, 0.25) is 5.95 Å². The lowest BCUT2D eigenvalue weighted by Gasteiger charge is -2.33. The van der Waals surface area contributed by atoms with E-state index < -0.39 is 0 Å². The molecule has 23 heavy (non-hydrogen) atoms. The van der Waals surface area contributed by atoms with Crippen molar-refractivity contribution in [2.24, 2.45) is 0 Å². The highest BCUT2D eigenvalue weighted by Gasteiger charge is 2.37. The molecule has 1 saturated heterocycles. The summed E-state index contributed by atoms with van der Waals surface area (Å²) in [4.78, 5) is 19.3. The zero-order chi connectivity index (χ0) is 15.8. The molecule has 0 unspecified atom stereocenters. The van der Waals surface area contributed by atoms with Crippen molar-refractivity contribution in [2.45, 2.75) is 32.2 Å². The summed E-state index contributed by atoms with van der Waals surface area (Å²) in [5.41, 5.74) is 1.49. The van der Waals surface area contributed by atoms with E-state index >= 15 is 0 Å². The van der Waals surface area contributed by atoms with E-state index in [0.717, 1.165) is 31.6 Å². The van der Waals surface area contributed by atoms with E-state index in [1.54, 1.807) is 10.9 Å². The molecule has 0 spiro atoms. The number of aromatic nitrogens is 3. The van der Waals surface area contributed by atoms with Crippen molar-refractivity contribution in [2.75, 3.05) is 18.4 Å². The van der Waals surface area contributed by atoms with Gasteiger partial charge in [0, 0.05) is 18.8 Å². The molecule has 1 amide bonds. The normalized spacial score (nSPS) is 21.1. The van der Waals surface area contributed by atoms with E-state index in [4.69, 9.17) is 4.42 Å². The second-order valence-electron chi connectivity index (χ2n) is 5.96. The molecule has 2 aromatic rings. The molecule has 120 valence electrons. The Morgan fingerprint density at radius 3 is 2.91 bits per heavy atom. The van der Waals surface area contributed by atoms with Gasteiger partial charge in [-0.15, -0.1) is 0 Å². The number of piperidine rings is 1. The van der Waals surface area contributed by atoms with Crippen molar-refractivity contribution in [3.8, 4) is 0 Å². The van der Waals surface area contributed by atoms with Gasteiger partial charge in [0.25, 0.3) is 5.91 Å². The van der Waals surface area contributed by atoms with Crippen molar-refractivity contribution in [3.05, 3.63) is 41.8 Å². The van der Waals surface area contributed by atoms with E-state index in [-0.39, 0.29) is 11.9 Å². The molecule has 0 saturated carbocycles. The zero-order valence-corrected chi connectivity index (χ0v) is 13.0. The molecule has 4 heterocycles. The Morgan fingerprint density at radius 2 is 2.17 bits per heavy atom. The van der Waals surface area contributed by atoms with Crippen molar-refractivity contribution in [1.82, 2.24) is 19.7 Å². The number of nitrogens with one attached hydrogen (secondary N) is 1. The van der Waals surface area contributed by atoms with Gasteiger partial charge in [0.05, 0.1) is 11.8 Å². The molecule has 0 aliphatic carbocycles. The number of likely N-dealkylation sites (tertiary alicyclic amines) is 1. The number of hydrogen-bond donors (Lipinski definition) is 1. The van der Waals surface area contributed by atoms with Crippen molar-refractivity contribution in [3.63, 3.8) is 0 Å². The van der Waals surface area contributed by atoms with E-state index in [0.29, 0.717) is 17.3 Å². The summed E-state index contributed by atoms with van der Waals surface area (Å²) >= 11 is 0. The Kier molecular flexibility index (Phi) is 3.40. The van der Waals surface area contributed by atoms with Crippen molar-refractivity contribution >= 4 is 11.9 Å². The average molecular weight is 313 g/mol. The molecule has 2 aliphatic rings. The standard InChI is InChI=1S/C16H19N5O2/c1-11-13(15(22)20-7-3-2-4-8-20)14(12-6-5-9-23-12)21-16(19-11)17-10-18-21/h5-6,9-10,14H,2-4,7-8H2,1H3,(H,17,18,19)/t14-/m1/s1. The average Bonchev–Trinajstić information content (AvgIpc) is 3.25. The first-order valence-electron chi connectivity index (χ1n) is 7.95. The Hall–Kier alpha value is -2.57. The van der Waals surface area contributed by atoms with Crippen LogP contribution in [-0.2, 0) is 4.79 Å². The van der Waals surface area contributed by atoms with E-state index in [1.807, 2.05) is 24.0 Å². The summed E-state index contributed by atoms with van der Waals surface area (Å²) in [6.07, 6.45) is 6.41. The van der Waals surface area contributed by atoms with Gasteiger partial charge in [0.15, 0.2) is 0 Å². The topological polar surface area (TPSA) is 76.2 Å². The lowest BCUT2D eigenvalue weighted by Crippen LogP contribution is -2.40. The minimum atomic E-state index is -0.377. The minimum Gasteiger partial charge on any atom is -0.467 e. The summed E-state index contributed by atoms with van der Waals surface area (Å²) < 4.78 is 7.31. The highest BCUT2D eigenvalue weighted by molar-refractivity contribution is 5.96. The first kappa shape index (κ1) is 14.0. The Labute approximate surface area is 134 Å². The van der Waals surface area contributed by atoms with Crippen LogP contribution in [-0.4, -0.2) is 38.7 Å². The Balaban J connectivity index is 1.77. The monoisotopic (exact) mass is 313 g/mol. The number of amides is 1. The van der Waals surface area contributed by atoms with Gasteiger partial charge in [-0.1, -0.05) is 0 Å². The predicted octanol–water partition coefficient (Wildman–Crippen LogP) is 2.17. The van der Waals surface area contributed by atoms with E-state index in [1.165, 1.54) is 12.7 Å². The number of fused-ring (bicyclic) bond motifs is 1. The van der Waals surface area contributed by atoms with Gasteiger partial charge >= 0.3 is 0 Å². The third-order valence-electron chi connectivity index (χ3n) is 4.48. The molecule has 0 aromatic carbocycles. The van der Waals surface area contributed by atoms with Crippen LogP contribution in [0, 0.1) is 0 Å². The summed E-state index contributed by atoms with van der Waals surface area (Å²) in [6, 6.07) is 3.32. The number of allylic oxidation sites excluding steroid dienone is 1. The zero-order valence-electron chi connectivity index (χ0n) is 13.0. The maximum Gasteiger partial charge on any atom is 0.254 e. The van der Waals surface area contributed by atoms with Crippen molar-refractivity contribution < 1.29 is 9.21 Å². The largest absolute Gasteiger partial charge is 0.467 e. The third kappa shape index (κ3) is 2.32. The van der Waals surface area contributed by atoms with Crippen LogP contribution in [0.3, 0.4) is 0 Å². The molecule has 2 aliphatic heterocycles. The summed E-state index contributed by atoms with van der Waals surface area (Å²) in [5.74, 6) is 1.37. The third-order valence-corrected chi connectivity index (χ3v) is 4.48. The van der Waals surface area contributed by atoms with Crippen LogP contribution in [0.4, 0.5) is 5.95 Å². The number of rotatable bonds is 2. The second-order valence-corrected chi connectivity index (χ2v) is 5.96. The fraction of sp³-hybridized carbons (Fsp3) is 0.438. The first-order valence-corrected chi connectivity index (χ1v) is 7.95. The van der Waals surface area contributed by atoms with Crippen molar-refractivity contribution in [1.29, 1.82) is 0 Å². The first-order chi connectivity index (χ1) is 11.3. The molecular formula is C16H19N5O2. The summed E-state index contributed by atoms with van der Waals surface area (Å²) in [5, 5.41) is 7.47. The molecule has 0 radical (unpaired) electrons. The number of furan rings is 1. The maximum absolute atomic E-state index is 13.1. The Morgan fingerprint density at radius 1 is 1.35 bits per heavy atom. The molecule has 4 rings (SSSR count). The molecule has 2 aromatic heterocycles. The van der Waals surface area contributed by atoms with Gasteiger partial charge in [-0.2, -0.15) is 10.1 Å². The highest BCUT2D eigenvalue weighted by atomic mass is 16.3. The van der Waals surface area contributed by atoms with Crippen LogP contribution >= 0.6 is 0 Å². The number of nitrogens with zero attached hydrogens (tertiary/aromatic N) is 4. The number of anilines is 1. The van der Waals surface area contributed by atoms with E-state index in [2.05, 4.69) is 15.4 Å². The van der Waals surface area contributed by atoms with Crippen LogP contribution in [0.2, 0.25) is 0 Å². The smallest absolute Gasteiger partial charge is 0.254 e. The number of hydrogen-bond acceptors (Lipinski definition) is 5. The quantitative estimate of drug-likeness (QED) is 0.919. The number of carbonyl (C=O) groups excluding carboxylic acids is 1. The lowest BCUT2D eigenvalue weighted by molar-refractivity contribution is -0.128. The van der Waals surface area contributed by atoms with Gasteiger partial charge in [-0.25, -0.2) is 4.68 Å². The van der Waals surface area contributed by atoms with Crippen LogP contribution in [0.25, 0.3) is 0 Å². The molecule has 0 bridgehead atoms. The van der Waals surface area contributed by atoms with Crippen LogP contribution < -0.4 is 5.32 Å². The second kappa shape index (κ2) is 5.57. The predicted molar refractivity (Wildman–Crippen MR) is 83.6 cm³/mol. The fourth-order valence-electron chi connectivity index (χ4n) is 3.35. The number of carbonyl (C=O) groups is 1. The van der Waals surface area contributed by atoms with Gasteiger partial charge < -0.3 is 14.6 Å². The van der Waals surface area contributed by atoms with Gasteiger partial charge in [0.1, 0.15) is 18.1 Å². The molecule has 1 N–H and O–H groups in total. The molecule has 7 heteroatoms. The SMILES string of the molecule is CC1=C(C(=O)N2CCCCC2)[C@@H](c2ccco2)n2ncnc2N1. The molecule has 7 nitrogen and oxygen atoms in total. The molecule has 1 atom stereocenters. The van der Waals surface area contributed by atoms with Crippen LogP contribution in [0.1, 0.15) is 38.0 Å². The fourth-order valence-corrected chi connectivity index (χ4v) is 3.35. The maximum atomic E-state index is 13.1.